The molecule has 0 saturated heterocycles. The topological polar surface area (TPSA) is 24.7 Å². The number of hydrogen-bond donors (Lipinski definition) is 0. The summed E-state index contributed by atoms with van der Waals surface area (Å²) in [5, 5.41) is 1.91. The fourth-order valence-corrected chi connectivity index (χ4v) is 2.52. The van der Waals surface area contributed by atoms with Crippen LogP contribution in [0.15, 0.2) is 25.0 Å². The molecule has 0 aliphatic carbocycles. The first-order valence-corrected chi connectivity index (χ1v) is 6.94. The molecule has 16 heavy (non-hydrogen) atoms. The minimum Gasteiger partial charge on any atom is -0.253 e. The Balaban J connectivity index is 0.000000606. The van der Waals surface area contributed by atoms with Gasteiger partial charge in [0.05, 0.1) is 0 Å². The third kappa shape index (κ3) is 2.54. The van der Waals surface area contributed by atoms with Crippen LogP contribution in [0.2, 0.25) is 0 Å². The molecule has 1 aliphatic rings. The van der Waals surface area contributed by atoms with Crippen molar-refractivity contribution in [3.8, 4) is 0 Å². The molecule has 1 aromatic carbocycles. The molecule has 0 atom stereocenters. The van der Waals surface area contributed by atoms with Gasteiger partial charge in [-0.2, -0.15) is 0 Å². The second-order valence-corrected chi connectivity index (χ2v) is 5.55. The van der Waals surface area contributed by atoms with Crippen LogP contribution in [0.5, 0.6) is 0 Å². The van der Waals surface area contributed by atoms with Gasteiger partial charge in [0, 0.05) is 8.95 Å². The number of benzene rings is 1. The molecule has 1 aromatic rings. The van der Waals surface area contributed by atoms with E-state index in [4.69, 9.17) is 0 Å². The highest BCUT2D eigenvalue weighted by molar-refractivity contribution is 9.11. The molecule has 2 nitrogen and oxygen atoms in total. The molecule has 0 saturated carbocycles. The van der Waals surface area contributed by atoms with E-state index in [0.29, 0.717) is 0 Å². The fraction of sp³-hybridized carbons (Fsp3) is 0.500. The van der Waals surface area contributed by atoms with Crippen LogP contribution in [0.4, 0.5) is 0 Å². The van der Waals surface area contributed by atoms with Crippen molar-refractivity contribution in [1.82, 2.24) is 0 Å². The SMILES string of the molecule is CC.Cc1cc(Br)c2c(c1Br)=NC(C)(C)N=2. The molecule has 1 aliphatic heterocycles. The van der Waals surface area contributed by atoms with Crippen LogP contribution >= 0.6 is 31.9 Å². The van der Waals surface area contributed by atoms with Crippen LogP contribution in [-0.4, -0.2) is 5.66 Å². The summed E-state index contributed by atoms with van der Waals surface area (Å²) in [6.45, 7) is 10.1. The normalized spacial score (nSPS) is 15.4. The van der Waals surface area contributed by atoms with Crippen molar-refractivity contribution < 1.29 is 0 Å². The summed E-state index contributed by atoms with van der Waals surface area (Å²) in [4.78, 5) is 9.10. The Morgan fingerprint density at radius 3 is 2.12 bits per heavy atom. The van der Waals surface area contributed by atoms with Crippen molar-refractivity contribution in [2.45, 2.75) is 40.3 Å². The second-order valence-electron chi connectivity index (χ2n) is 3.90. The zero-order valence-corrected chi connectivity index (χ0v) is 13.4. The lowest BCUT2D eigenvalue weighted by atomic mass is 10.2. The van der Waals surface area contributed by atoms with E-state index >= 15 is 0 Å². The van der Waals surface area contributed by atoms with Crippen LogP contribution in [0.3, 0.4) is 0 Å². The van der Waals surface area contributed by atoms with Gasteiger partial charge < -0.3 is 0 Å². The smallest absolute Gasteiger partial charge is 0.146 e. The molecule has 0 bridgehead atoms. The molecule has 4 heteroatoms. The summed E-state index contributed by atoms with van der Waals surface area (Å²) in [6, 6.07) is 2.06. The van der Waals surface area contributed by atoms with Crippen molar-refractivity contribution >= 4 is 31.9 Å². The average Bonchev–Trinajstić information content (AvgIpc) is 2.55. The summed E-state index contributed by atoms with van der Waals surface area (Å²) in [5.41, 5.74) is 0.841. The highest BCUT2D eigenvalue weighted by atomic mass is 79.9. The van der Waals surface area contributed by atoms with Gasteiger partial charge in [-0.1, -0.05) is 13.8 Å². The summed E-state index contributed by atoms with van der Waals surface area (Å²) in [5.74, 6) is 0. The Bertz CT molecular complexity index is 519. The van der Waals surface area contributed by atoms with Crippen LogP contribution in [0.1, 0.15) is 33.3 Å². The summed E-state index contributed by atoms with van der Waals surface area (Å²) in [6.07, 6.45) is 0. The van der Waals surface area contributed by atoms with E-state index in [1.807, 2.05) is 27.7 Å². The zero-order chi connectivity index (χ0) is 12.5. The molecule has 2 rings (SSSR count). The Morgan fingerprint density at radius 2 is 1.56 bits per heavy atom. The molecule has 0 fully saturated rings. The molecule has 0 radical (unpaired) electrons. The van der Waals surface area contributed by atoms with Gasteiger partial charge in [-0.15, -0.1) is 0 Å². The van der Waals surface area contributed by atoms with Crippen LogP contribution in [-0.2, 0) is 0 Å². The number of halogens is 2. The predicted octanol–water partition coefficient (Wildman–Crippen LogP) is 3.54. The lowest BCUT2D eigenvalue weighted by molar-refractivity contribution is 0.548. The van der Waals surface area contributed by atoms with Crippen molar-refractivity contribution in [2.75, 3.05) is 0 Å². The van der Waals surface area contributed by atoms with Crippen LogP contribution < -0.4 is 10.7 Å². The van der Waals surface area contributed by atoms with Crippen molar-refractivity contribution in [1.29, 1.82) is 0 Å². The highest BCUT2D eigenvalue weighted by Crippen LogP contribution is 2.19. The maximum Gasteiger partial charge on any atom is 0.146 e. The molecule has 88 valence electrons. The Morgan fingerprint density at radius 1 is 1.06 bits per heavy atom. The average molecular weight is 348 g/mol. The Labute approximate surface area is 113 Å². The highest BCUT2D eigenvalue weighted by Gasteiger charge is 2.21. The maximum atomic E-state index is 4.56. The van der Waals surface area contributed by atoms with Gasteiger partial charge in [0.1, 0.15) is 16.4 Å². The lowest BCUT2D eigenvalue weighted by Crippen LogP contribution is -2.25. The molecular weight excluding hydrogens is 332 g/mol. The molecular formula is C12H16Br2N2. The van der Waals surface area contributed by atoms with Gasteiger partial charge >= 0.3 is 0 Å². The first-order chi connectivity index (χ1) is 7.41. The van der Waals surface area contributed by atoms with E-state index in [9.17, 15) is 0 Å². The Hall–Kier alpha value is -0.220. The van der Waals surface area contributed by atoms with E-state index in [2.05, 4.69) is 54.8 Å². The van der Waals surface area contributed by atoms with Crippen molar-refractivity contribution in [3.63, 3.8) is 0 Å². The minimum absolute atomic E-state index is 0.332. The first kappa shape index (κ1) is 13.8. The third-order valence-electron chi connectivity index (χ3n) is 2.12. The standard InChI is InChI=1S/C10H10Br2N2.C2H6/c1-5-4-6(11)8-9(7(5)12)14-10(2,3)13-8;1-2/h4H,1-3H3;1-2H3. The largest absolute Gasteiger partial charge is 0.253 e. The predicted molar refractivity (Wildman–Crippen MR) is 74.3 cm³/mol. The van der Waals surface area contributed by atoms with Crippen molar-refractivity contribution in [3.05, 3.63) is 31.3 Å². The fourth-order valence-electron chi connectivity index (χ4n) is 1.51. The molecule has 0 amide bonds. The van der Waals surface area contributed by atoms with Crippen LogP contribution in [0, 0.1) is 6.92 Å². The second kappa shape index (κ2) is 4.96. The molecule has 1 heterocycles. The van der Waals surface area contributed by atoms with Crippen molar-refractivity contribution in [2.24, 2.45) is 9.98 Å². The number of fused-ring (bicyclic) bond motifs is 1. The summed E-state index contributed by atoms with van der Waals surface area (Å²) >= 11 is 7.05. The molecule has 0 spiro atoms. The van der Waals surface area contributed by atoms with Crippen LogP contribution in [0.25, 0.3) is 0 Å². The third-order valence-corrected chi connectivity index (χ3v) is 3.72. The van der Waals surface area contributed by atoms with Gasteiger partial charge in [-0.3, -0.25) is 9.98 Å². The van der Waals surface area contributed by atoms with Gasteiger partial charge in [0.15, 0.2) is 0 Å². The van der Waals surface area contributed by atoms with Gasteiger partial charge in [0.25, 0.3) is 0 Å². The number of aryl methyl sites for hydroxylation is 1. The molecule has 0 N–H and O–H groups in total. The van der Waals surface area contributed by atoms with E-state index in [1.54, 1.807) is 0 Å². The monoisotopic (exact) mass is 346 g/mol. The van der Waals surface area contributed by atoms with Gasteiger partial charge in [-0.05, 0) is 64.3 Å². The first-order valence-electron chi connectivity index (χ1n) is 5.35. The van der Waals surface area contributed by atoms with E-state index in [0.717, 1.165) is 19.7 Å². The number of nitrogens with zero attached hydrogens (tertiary/aromatic N) is 2. The summed E-state index contributed by atoms with van der Waals surface area (Å²) < 4.78 is 2.06. The number of hydrogen-bond acceptors (Lipinski definition) is 2. The van der Waals surface area contributed by atoms with Gasteiger partial charge in [0.2, 0.25) is 0 Å². The minimum atomic E-state index is -0.332. The van der Waals surface area contributed by atoms with E-state index < -0.39 is 0 Å². The zero-order valence-electron chi connectivity index (χ0n) is 10.2. The summed E-state index contributed by atoms with van der Waals surface area (Å²) in [7, 11) is 0. The number of rotatable bonds is 0. The quantitative estimate of drug-likeness (QED) is 0.685. The van der Waals surface area contributed by atoms with Gasteiger partial charge in [-0.25, -0.2) is 0 Å². The molecule has 0 unspecified atom stereocenters. The maximum absolute atomic E-state index is 4.56. The molecule has 0 aromatic heterocycles. The van der Waals surface area contributed by atoms with E-state index in [-0.39, 0.29) is 5.66 Å². The van der Waals surface area contributed by atoms with E-state index in [1.165, 1.54) is 5.56 Å². The Kier molecular flexibility index (Phi) is 4.29. The lowest BCUT2D eigenvalue weighted by Gasteiger charge is -2.07.